The van der Waals surface area contributed by atoms with Crippen LogP contribution in [0.25, 0.3) is 22.0 Å². The lowest BCUT2D eigenvalue weighted by atomic mass is 10.1. The fourth-order valence-electron chi connectivity index (χ4n) is 1.98. The zero-order valence-corrected chi connectivity index (χ0v) is 10.0. The van der Waals surface area contributed by atoms with Gasteiger partial charge in [0.2, 0.25) is 0 Å². The van der Waals surface area contributed by atoms with Gasteiger partial charge in [-0.1, -0.05) is 23.4 Å². The fourth-order valence-corrected chi connectivity index (χ4v) is 1.98. The summed E-state index contributed by atoms with van der Waals surface area (Å²) in [6.45, 7) is 2.84. The number of benzene rings is 2. The van der Waals surface area contributed by atoms with E-state index in [2.05, 4.69) is 16.4 Å². The first-order chi connectivity index (χ1) is 8.76. The zero-order chi connectivity index (χ0) is 12.5. The second kappa shape index (κ2) is 4.14. The van der Waals surface area contributed by atoms with Crippen LogP contribution in [0.1, 0.15) is 6.92 Å². The average molecular weight is 239 g/mol. The maximum Gasteiger partial charge on any atom is 0.116 e. The van der Waals surface area contributed by atoms with Gasteiger partial charge < -0.3 is 5.11 Å². The number of phenols is 1. The van der Waals surface area contributed by atoms with Gasteiger partial charge in [0.05, 0.1) is 6.20 Å². The minimum absolute atomic E-state index is 0.284. The molecule has 3 aromatic rings. The van der Waals surface area contributed by atoms with Crippen molar-refractivity contribution >= 4 is 10.8 Å². The molecule has 0 unspecified atom stereocenters. The molecule has 0 bridgehead atoms. The van der Waals surface area contributed by atoms with Gasteiger partial charge >= 0.3 is 0 Å². The monoisotopic (exact) mass is 239 g/mol. The van der Waals surface area contributed by atoms with Crippen molar-refractivity contribution < 1.29 is 5.11 Å². The fraction of sp³-hybridized carbons (Fsp3) is 0.143. The van der Waals surface area contributed by atoms with E-state index >= 15 is 0 Å². The summed E-state index contributed by atoms with van der Waals surface area (Å²) >= 11 is 0. The molecule has 4 nitrogen and oxygen atoms in total. The summed E-state index contributed by atoms with van der Waals surface area (Å²) in [5.41, 5.74) is 1.90. The number of hydrogen-bond acceptors (Lipinski definition) is 3. The number of aryl methyl sites for hydroxylation is 1. The Balaban J connectivity index is 2.10. The molecule has 0 aliphatic carbocycles. The van der Waals surface area contributed by atoms with Gasteiger partial charge in [0.15, 0.2) is 0 Å². The Kier molecular flexibility index (Phi) is 2.48. The van der Waals surface area contributed by atoms with Crippen LogP contribution in [0.15, 0.2) is 42.6 Å². The summed E-state index contributed by atoms with van der Waals surface area (Å²) < 4.78 is 1.80. The van der Waals surface area contributed by atoms with E-state index in [4.69, 9.17) is 0 Å². The second-order valence-electron chi connectivity index (χ2n) is 4.21. The summed E-state index contributed by atoms with van der Waals surface area (Å²) in [6.07, 6.45) is 1.93. The summed E-state index contributed by atoms with van der Waals surface area (Å²) in [5.74, 6) is 0.284. The molecule has 3 rings (SSSR count). The van der Waals surface area contributed by atoms with Crippen molar-refractivity contribution in [3.8, 4) is 17.0 Å². The Morgan fingerprint density at radius 1 is 1.11 bits per heavy atom. The molecular weight excluding hydrogens is 226 g/mol. The molecule has 0 amide bonds. The van der Waals surface area contributed by atoms with Crippen molar-refractivity contribution in [3.63, 3.8) is 0 Å². The first kappa shape index (κ1) is 10.8. The highest BCUT2D eigenvalue weighted by atomic mass is 16.3. The quantitative estimate of drug-likeness (QED) is 0.748. The van der Waals surface area contributed by atoms with Crippen molar-refractivity contribution in [2.75, 3.05) is 0 Å². The molecule has 0 atom stereocenters. The molecule has 1 N–H and O–H groups in total. The standard InChI is InChI=1S/C14H13N3O/c1-2-17-9-14(15-16-17)12-4-3-11-8-13(18)6-5-10(11)7-12/h3-9,18H,2H2,1H3. The van der Waals surface area contributed by atoms with Gasteiger partial charge in [0.1, 0.15) is 11.4 Å². The van der Waals surface area contributed by atoms with E-state index in [0.29, 0.717) is 0 Å². The van der Waals surface area contributed by atoms with E-state index in [-0.39, 0.29) is 5.75 Å². The third kappa shape index (κ3) is 1.82. The summed E-state index contributed by atoms with van der Waals surface area (Å²) in [6, 6.07) is 11.4. The van der Waals surface area contributed by atoms with Gasteiger partial charge in [-0.05, 0) is 35.9 Å². The smallest absolute Gasteiger partial charge is 0.116 e. The van der Waals surface area contributed by atoms with E-state index in [0.717, 1.165) is 28.6 Å². The molecule has 2 aromatic carbocycles. The maximum atomic E-state index is 9.43. The molecular formula is C14H13N3O. The number of rotatable bonds is 2. The van der Waals surface area contributed by atoms with Crippen LogP contribution >= 0.6 is 0 Å². The average Bonchev–Trinajstić information content (AvgIpc) is 2.87. The van der Waals surface area contributed by atoms with Crippen LogP contribution < -0.4 is 0 Å². The van der Waals surface area contributed by atoms with Crippen molar-refractivity contribution in [2.24, 2.45) is 0 Å². The van der Waals surface area contributed by atoms with Crippen LogP contribution in [0.4, 0.5) is 0 Å². The first-order valence-corrected chi connectivity index (χ1v) is 5.89. The van der Waals surface area contributed by atoms with Crippen molar-refractivity contribution in [2.45, 2.75) is 13.5 Å². The molecule has 1 heterocycles. The topological polar surface area (TPSA) is 50.9 Å². The number of phenolic OH excluding ortho intramolecular Hbond substituents is 1. The second-order valence-corrected chi connectivity index (χ2v) is 4.21. The molecule has 0 spiro atoms. The molecule has 4 heteroatoms. The molecule has 0 saturated carbocycles. The van der Waals surface area contributed by atoms with Crippen molar-refractivity contribution in [1.29, 1.82) is 0 Å². The van der Waals surface area contributed by atoms with Gasteiger partial charge in [-0.25, -0.2) is 0 Å². The number of aromatic nitrogens is 3. The van der Waals surface area contributed by atoms with Crippen LogP contribution in [0.3, 0.4) is 0 Å². The molecule has 0 aliphatic rings. The highest BCUT2D eigenvalue weighted by Crippen LogP contribution is 2.25. The Morgan fingerprint density at radius 3 is 2.67 bits per heavy atom. The van der Waals surface area contributed by atoms with E-state index in [9.17, 15) is 5.11 Å². The molecule has 1 aromatic heterocycles. The van der Waals surface area contributed by atoms with Crippen molar-refractivity contribution in [1.82, 2.24) is 15.0 Å². The van der Waals surface area contributed by atoms with E-state index in [1.807, 2.05) is 31.3 Å². The van der Waals surface area contributed by atoms with Gasteiger partial charge in [0.25, 0.3) is 0 Å². The number of hydrogen-bond donors (Lipinski definition) is 1. The lowest BCUT2D eigenvalue weighted by Gasteiger charge is -2.01. The summed E-state index contributed by atoms with van der Waals surface area (Å²) in [5, 5.41) is 19.7. The molecule has 0 aliphatic heterocycles. The first-order valence-electron chi connectivity index (χ1n) is 5.89. The minimum atomic E-state index is 0.284. The Bertz CT molecular complexity index is 703. The molecule has 0 saturated heterocycles. The van der Waals surface area contributed by atoms with Gasteiger partial charge in [-0.2, -0.15) is 0 Å². The van der Waals surface area contributed by atoms with Crippen LogP contribution in [-0.4, -0.2) is 20.1 Å². The van der Waals surface area contributed by atoms with Crippen LogP contribution in [0, 0.1) is 0 Å². The van der Waals surface area contributed by atoms with E-state index in [1.165, 1.54) is 0 Å². The third-order valence-corrected chi connectivity index (χ3v) is 2.98. The SMILES string of the molecule is CCn1cc(-c2ccc3cc(O)ccc3c2)nn1. The summed E-state index contributed by atoms with van der Waals surface area (Å²) in [4.78, 5) is 0. The lowest BCUT2D eigenvalue weighted by molar-refractivity contribution is 0.476. The van der Waals surface area contributed by atoms with Crippen LogP contribution in [0.2, 0.25) is 0 Å². The predicted octanol–water partition coefficient (Wildman–Crippen LogP) is 2.82. The number of fused-ring (bicyclic) bond motifs is 1. The maximum absolute atomic E-state index is 9.43. The van der Waals surface area contributed by atoms with E-state index < -0.39 is 0 Å². The third-order valence-electron chi connectivity index (χ3n) is 2.98. The zero-order valence-electron chi connectivity index (χ0n) is 10.0. The van der Waals surface area contributed by atoms with Gasteiger partial charge in [0, 0.05) is 12.1 Å². The van der Waals surface area contributed by atoms with Crippen LogP contribution in [0.5, 0.6) is 5.75 Å². The van der Waals surface area contributed by atoms with Crippen molar-refractivity contribution in [3.05, 3.63) is 42.6 Å². The minimum Gasteiger partial charge on any atom is -0.508 e. The van der Waals surface area contributed by atoms with Gasteiger partial charge in [-0.15, -0.1) is 5.10 Å². The molecule has 0 radical (unpaired) electrons. The highest BCUT2D eigenvalue weighted by molar-refractivity contribution is 5.87. The predicted molar refractivity (Wildman–Crippen MR) is 70.3 cm³/mol. The normalized spacial score (nSPS) is 10.9. The Hall–Kier alpha value is -2.36. The highest BCUT2D eigenvalue weighted by Gasteiger charge is 2.04. The Labute approximate surface area is 104 Å². The largest absolute Gasteiger partial charge is 0.508 e. The number of nitrogens with zero attached hydrogens (tertiary/aromatic N) is 3. The van der Waals surface area contributed by atoms with E-state index in [1.54, 1.807) is 16.8 Å². The molecule has 90 valence electrons. The summed E-state index contributed by atoms with van der Waals surface area (Å²) in [7, 11) is 0. The van der Waals surface area contributed by atoms with Crippen LogP contribution in [-0.2, 0) is 6.54 Å². The Morgan fingerprint density at radius 2 is 1.89 bits per heavy atom. The molecule has 18 heavy (non-hydrogen) atoms. The number of aromatic hydroxyl groups is 1. The lowest BCUT2D eigenvalue weighted by Crippen LogP contribution is -1.93. The molecule has 0 fully saturated rings. The van der Waals surface area contributed by atoms with Gasteiger partial charge in [-0.3, -0.25) is 4.68 Å².